The first-order chi connectivity index (χ1) is 7.58. The molecule has 1 heterocycles. The smallest absolute Gasteiger partial charge is 0.274 e. The topological polar surface area (TPSA) is 41.1 Å². The summed E-state index contributed by atoms with van der Waals surface area (Å²) in [6.07, 6.45) is 0. The van der Waals surface area contributed by atoms with Crippen LogP contribution in [0.25, 0.3) is 5.57 Å². The second-order valence-corrected chi connectivity index (χ2v) is 4.26. The predicted octanol–water partition coefficient (Wildman–Crippen LogP) is 2.08. The second kappa shape index (κ2) is 4.23. The number of rotatable bonds is 1. The van der Waals surface area contributed by atoms with E-state index in [1.807, 2.05) is 19.1 Å². The van der Waals surface area contributed by atoms with E-state index in [0.717, 1.165) is 11.1 Å². The fraction of sp³-hybridized carbons (Fsp3) is 0.0909. The molecular weight excluding hydrogens is 244 g/mol. The molecule has 82 valence electrons. The molecule has 0 aromatic heterocycles. The molecule has 1 amide bonds. The minimum absolute atomic E-state index is 0.197. The van der Waals surface area contributed by atoms with E-state index in [1.165, 1.54) is 0 Å². The van der Waals surface area contributed by atoms with Crippen LogP contribution in [-0.4, -0.2) is 11.0 Å². The minimum atomic E-state index is -0.197. The van der Waals surface area contributed by atoms with Crippen LogP contribution in [0.4, 0.5) is 0 Å². The maximum Gasteiger partial charge on any atom is 0.274 e. The molecule has 1 fully saturated rings. The van der Waals surface area contributed by atoms with Crippen LogP contribution in [0.1, 0.15) is 12.5 Å². The Morgan fingerprint density at radius 3 is 2.38 bits per heavy atom. The van der Waals surface area contributed by atoms with Gasteiger partial charge in [-0.25, -0.2) is 0 Å². The van der Waals surface area contributed by atoms with Crippen LogP contribution in [-0.2, 0) is 4.79 Å². The molecule has 1 aromatic carbocycles. The monoisotopic (exact) mass is 252 g/mol. The standard InChI is InChI=1S/C11H9ClN2OS/c1-6(7-2-4-8(12)5-3-7)9-10(15)14-11(16)13-9/h2-5H,1H3,(H2,13,14,15,16)/b9-6+. The molecule has 0 saturated carbocycles. The van der Waals surface area contributed by atoms with E-state index in [0.29, 0.717) is 15.8 Å². The van der Waals surface area contributed by atoms with Gasteiger partial charge in [0.2, 0.25) is 0 Å². The van der Waals surface area contributed by atoms with Crippen LogP contribution in [0.15, 0.2) is 30.0 Å². The SMILES string of the molecule is C/C(=C1\NC(=S)NC1=O)c1ccc(Cl)cc1. The molecule has 16 heavy (non-hydrogen) atoms. The Labute approximate surface area is 103 Å². The fourth-order valence-corrected chi connectivity index (χ4v) is 1.80. The van der Waals surface area contributed by atoms with Crippen molar-refractivity contribution in [3.63, 3.8) is 0 Å². The lowest BCUT2D eigenvalue weighted by Crippen LogP contribution is -2.21. The molecule has 0 radical (unpaired) electrons. The molecule has 0 spiro atoms. The largest absolute Gasteiger partial charge is 0.328 e. The summed E-state index contributed by atoms with van der Waals surface area (Å²) < 4.78 is 0. The molecule has 1 aliphatic rings. The Balaban J connectivity index is 2.41. The number of thiocarbonyl (C=S) groups is 1. The summed E-state index contributed by atoms with van der Waals surface area (Å²) in [5.74, 6) is -0.197. The number of carbonyl (C=O) groups is 1. The molecule has 1 aromatic rings. The van der Waals surface area contributed by atoms with Crippen molar-refractivity contribution in [2.75, 3.05) is 0 Å². The quantitative estimate of drug-likeness (QED) is 0.594. The van der Waals surface area contributed by atoms with Crippen molar-refractivity contribution in [2.24, 2.45) is 0 Å². The van der Waals surface area contributed by atoms with E-state index in [2.05, 4.69) is 10.6 Å². The molecule has 0 atom stereocenters. The lowest BCUT2D eigenvalue weighted by Gasteiger charge is -2.04. The van der Waals surface area contributed by atoms with E-state index in [4.69, 9.17) is 23.8 Å². The van der Waals surface area contributed by atoms with E-state index in [9.17, 15) is 4.79 Å². The Morgan fingerprint density at radius 2 is 1.88 bits per heavy atom. The summed E-state index contributed by atoms with van der Waals surface area (Å²) >= 11 is 10.7. The van der Waals surface area contributed by atoms with Crippen LogP contribution in [0, 0.1) is 0 Å². The molecular formula is C11H9ClN2OS. The van der Waals surface area contributed by atoms with Crippen LogP contribution in [0.2, 0.25) is 5.02 Å². The van der Waals surface area contributed by atoms with Crippen LogP contribution in [0.5, 0.6) is 0 Å². The first-order valence-corrected chi connectivity index (χ1v) is 5.45. The first kappa shape index (κ1) is 11.1. The third kappa shape index (κ3) is 2.08. The summed E-state index contributed by atoms with van der Waals surface area (Å²) in [6, 6.07) is 7.29. The number of halogens is 1. The first-order valence-electron chi connectivity index (χ1n) is 4.67. The highest BCUT2D eigenvalue weighted by Crippen LogP contribution is 2.20. The molecule has 0 bridgehead atoms. The lowest BCUT2D eigenvalue weighted by molar-refractivity contribution is -0.115. The number of hydrogen-bond acceptors (Lipinski definition) is 2. The molecule has 5 heteroatoms. The van der Waals surface area contributed by atoms with Gasteiger partial charge in [-0.3, -0.25) is 10.1 Å². The van der Waals surface area contributed by atoms with Gasteiger partial charge < -0.3 is 5.32 Å². The summed E-state index contributed by atoms with van der Waals surface area (Å²) in [5.41, 5.74) is 2.27. The zero-order chi connectivity index (χ0) is 11.7. The van der Waals surface area contributed by atoms with E-state index >= 15 is 0 Å². The van der Waals surface area contributed by atoms with Gasteiger partial charge in [0.25, 0.3) is 5.91 Å². The Kier molecular flexibility index (Phi) is 2.94. The second-order valence-electron chi connectivity index (χ2n) is 3.42. The van der Waals surface area contributed by atoms with Crippen molar-refractivity contribution in [3.8, 4) is 0 Å². The predicted molar refractivity (Wildman–Crippen MR) is 67.9 cm³/mol. The van der Waals surface area contributed by atoms with Crippen molar-refractivity contribution >= 4 is 40.4 Å². The van der Waals surface area contributed by atoms with Gasteiger partial charge in [0.15, 0.2) is 5.11 Å². The zero-order valence-electron chi connectivity index (χ0n) is 8.50. The van der Waals surface area contributed by atoms with E-state index in [-0.39, 0.29) is 5.91 Å². The van der Waals surface area contributed by atoms with Crippen LogP contribution >= 0.6 is 23.8 Å². The van der Waals surface area contributed by atoms with Gasteiger partial charge in [0.05, 0.1) is 0 Å². The number of carbonyl (C=O) groups excluding carboxylic acids is 1. The highest BCUT2D eigenvalue weighted by Gasteiger charge is 2.22. The molecule has 3 nitrogen and oxygen atoms in total. The van der Waals surface area contributed by atoms with Gasteiger partial charge in [-0.1, -0.05) is 23.7 Å². The Hall–Kier alpha value is -1.39. The molecule has 0 unspecified atom stereocenters. The lowest BCUT2D eigenvalue weighted by atomic mass is 10.1. The molecule has 0 aliphatic carbocycles. The molecule has 1 saturated heterocycles. The maximum atomic E-state index is 11.5. The highest BCUT2D eigenvalue weighted by molar-refractivity contribution is 7.80. The van der Waals surface area contributed by atoms with Crippen molar-refractivity contribution in [1.82, 2.24) is 10.6 Å². The van der Waals surface area contributed by atoms with E-state index in [1.54, 1.807) is 12.1 Å². The zero-order valence-corrected chi connectivity index (χ0v) is 10.1. The third-order valence-corrected chi connectivity index (χ3v) is 2.80. The Bertz CT molecular complexity index is 493. The number of amides is 1. The summed E-state index contributed by atoms with van der Waals surface area (Å²) in [4.78, 5) is 11.5. The van der Waals surface area contributed by atoms with E-state index < -0.39 is 0 Å². The fourth-order valence-electron chi connectivity index (χ4n) is 1.48. The maximum absolute atomic E-state index is 11.5. The van der Waals surface area contributed by atoms with Gasteiger partial charge in [-0.15, -0.1) is 0 Å². The number of benzene rings is 1. The van der Waals surface area contributed by atoms with Crippen molar-refractivity contribution in [1.29, 1.82) is 0 Å². The van der Waals surface area contributed by atoms with Crippen molar-refractivity contribution in [3.05, 3.63) is 40.5 Å². The molecule has 2 N–H and O–H groups in total. The Morgan fingerprint density at radius 1 is 1.25 bits per heavy atom. The number of allylic oxidation sites excluding steroid dienone is 1. The van der Waals surface area contributed by atoms with Gasteiger partial charge in [-0.2, -0.15) is 0 Å². The average molecular weight is 253 g/mol. The van der Waals surface area contributed by atoms with Gasteiger partial charge in [0, 0.05) is 5.02 Å². The average Bonchev–Trinajstić information content (AvgIpc) is 2.58. The normalized spacial score (nSPS) is 18.1. The summed E-state index contributed by atoms with van der Waals surface area (Å²) in [5, 5.41) is 6.37. The minimum Gasteiger partial charge on any atom is -0.328 e. The number of nitrogens with one attached hydrogen (secondary N) is 2. The molecule has 1 aliphatic heterocycles. The van der Waals surface area contributed by atoms with Gasteiger partial charge >= 0.3 is 0 Å². The van der Waals surface area contributed by atoms with Crippen molar-refractivity contribution < 1.29 is 4.79 Å². The van der Waals surface area contributed by atoms with Gasteiger partial charge in [-0.05, 0) is 42.4 Å². The van der Waals surface area contributed by atoms with Crippen LogP contribution < -0.4 is 10.6 Å². The third-order valence-electron chi connectivity index (χ3n) is 2.34. The summed E-state index contributed by atoms with van der Waals surface area (Å²) in [6.45, 7) is 1.86. The van der Waals surface area contributed by atoms with Crippen LogP contribution in [0.3, 0.4) is 0 Å². The highest BCUT2D eigenvalue weighted by atomic mass is 35.5. The molecule has 2 rings (SSSR count). The summed E-state index contributed by atoms with van der Waals surface area (Å²) in [7, 11) is 0. The number of hydrogen-bond donors (Lipinski definition) is 2. The van der Waals surface area contributed by atoms with Gasteiger partial charge in [0.1, 0.15) is 5.70 Å². The van der Waals surface area contributed by atoms with Crippen molar-refractivity contribution in [2.45, 2.75) is 6.92 Å².